The number of hydrogen-bond acceptors (Lipinski definition) is 6. The lowest BCUT2D eigenvalue weighted by Gasteiger charge is -2.01. The van der Waals surface area contributed by atoms with Gasteiger partial charge in [-0.15, -0.1) is 11.8 Å². The lowest BCUT2D eigenvalue weighted by Crippen LogP contribution is -2.19. The summed E-state index contributed by atoms with van der Waals surface area (Å²) in [5.74, 6) is 0.645. The number of hydrazone groups is 1. The topological polar surface area (TPSA) is 97.5 Å². The van der Waals surface area contributed by atoms with Crippen molar-refractivity contribution in [3.05, 3.63) is 70.0 Å². The second kappa shape index (κ2) is 8.64. The van der Waals surface area contributed by atoms with Gasteiger partial charge in [-0.1, -0.05) is 12.1 Å². The van der Waals surface area contributed by atoms with E-state index in [4.69, 9.17) is 0 Å². The number of benzene rings is 1. The number of thioether (sulfide) groups is 1. The molecule has 1 amide bonds. The third-order valence-corrected chi connectivity index (χ3v) is 3.76. The van der Waals surface area contributed by atoms with Gasteiger partial charge in [0.25, 0.3) is 5.69 Å². The summed E-state index contributed by atoms with van der Waals surface area (Å²) in [5.41, 5.74) is 4.27. The van der Waals surface area contributed by atoms with Gasteiger partial charge >= 0.3 is 0 Å². The number of nitro benzene ring substituents is 1. The molecule has 2 rings (SSSR count). The Hall–Kier alpha value is -2.74. The van der Waals surface area contributed by atoms with Crippen LogP contribution in [0.3, 0.4) is 0 Å². The summed E-state index contributed by atoms with van der Waals surface area (Å²) in [6.07, 6.45) is 4.83. The van der Waals surface area contributed by atoms with E-state index in [1.807, 2.05) is 0 Å². The fourth-order valence-electron chi connectivity index (χ4n) is 1.64. The Kier molecular flexibility index (Phi) is 6.25. The van der Waals surface area contributed by atoms with Crippen molar-refractivity contribution in [1.82, 2.24) is 10.4 Å². The van der Waals surface area contributed by atoms with Gasteiger partial charge in [0.05, 0.1) is 16.9 Å². The molecule has 0 aliphatic carbocycles. The first-order valence-corrected chi connectivity index (χ1v) is 7.83. The first-order chi connectivity index (χ1) is 11.1. The minimum atomic E-state index is -0.439. The Balaban J connectivity index is 1.70. The Labute approximate surface area is 137 Å². The predicted octanol–water partition coefficient (Wildman–Crippen LogP) is 2.37. The van der Waals surface area contributed by atoms with E-state index in [2.05, 4.69) is 15.5 Å². The molecule has 0 spiro atoms. The summed E-state index contributed by atoms with van der Waals surface area (Å²) in [7, 11) is 0. The normalized spacial score (nSPS) is 10.6. The van der Waals surface area contributed by atoms with Crippen molar-refractivity contribution < 1.29 is 9.72 Å². The SMILES string of the molecule is O=C(CSCc1ccc([N+](=O)[O-])cc1)N/N=C\c1ccncc1. The monoisotopic (exact) mass is 330 g/mol. The summed E-state index contributed by atoms with van der Waals surface area (Å²) >= 11 is 1.41. The van der Waals surface area contributed by atoms with Crippen molar-refractivity contribution in [2.24, 2.45) is 5.10 Å². The van der Waals surface area contributed by atoms with Gasteiger partial charge in [0.15, 0.2) is 0 Å². The molecule has 0 radical (unpaired) electrons. The van der Waals surface area contributed by atoms with Gasteiger partial charge in [0.2, 0.25) is 5.91 Å². The van der Waals surface area contributed by atoms with E-state index in [9.17, 15) is 14.9 Å². The number of nitro groups is 1. The van der Waals surface area contributed by atoms with Crippen LogP contribution in [-0.2, 0) is 10.5 Å². The highest BCUT2D eigenvalue weighted by atomic mass is 32.2. The second-order valence-electron chi connectivity index (χ2n) is 4.49. The van der Waals surface area contributed by atoms with Crippen LogP contribution in [0, 0.1) is 10.1 Å². The minimum Gasteiger partial charge on any atom is -0.272 e. The third kappa shape index (κ3) is 5.87. The molecule has 1 aromatic carbocycles. The largest absolute Gasteiger partial charge is 0.272 e. The number of rotatable bonds is 7. The van der Waals surface area contributed by atoms with Gasteiger partial charge in [0, 0.05) is 30.3 Å². The van der Waals surface area contributed by atoms with Crippen LogP contribution >= 0.6 is 11.8 Å². The highest BCUT2D eigenvalue weighted by Crippen LogP contribution is 2.16. The molecule has 1 heterocycles. The molecule has 0 saturated carbocycles. The van der Waals surface area contributed by atoms with E-state index in [0.717, 1.165) is 11.1 Å². The molecule has 0 saturated heterocycles. The lowest BCUT2D eigenvalue weighted by molar-refractivity contribution is -0.384. The lowest BCUT2D eigenvalue weighted by atomic mass is 10.2. The number of non-ortho nitro benzene ring substituents is 1. The van der Waals surface area contributed by atoms with Crippen LogP contribution in [0.2, 0.25) is 0 Å². The Morgan fingerprint density at radius 2 is 1.96 bits per heavy atom. The van der Waals surface area contributed by atoms with E-state index < -0.39 is 4.92 Å². The predicted molar refractivity (Wildman–Crippen MR) is 89.2 cm³/mol. The molecular weight excluding hydrogens is 316 g/mol. The zero-order valence-electron chi connectivity index (χ0n) is 12.1. The van der Waals surface area contributed by atoms with Crippen LogP contribution in [0.5, 0.6) is 0 Å². The Morgan fingerprint density at radius 1 is 1.26 bits per heavy atom. The van der Waals surface area contributed by atoms with E-state index in [0.29, 0.717) is 5.75 Å². The number of aromatic nitrogens is 1. The Bertz CT molecular complexity index is 690. The molecular formula is C15H14N4O3S. The molecule has 0 unspecified atom stereocenters. The molecule has 1 aromatic heterocycles. The summed E-state index contributed by atoms with van der Waals surface area (Å²) in [6.45, 7) is 0. The molecule has 2 aromatic rings. The van der Waals surface area contributed by atoms with Crippen molar-refractivity contribution in [2.75, 3.05) is 5.75 Å². The average Bonchev–Trinajstić information content (AvgIpc) is 2.56. The van der Waals surface area contributed by atoms with Gasteiger partial charge in [0.1, 0.15) is 0 Å². The van der Waals surface area contributed by atoms with Gasteiger partial charge in [-0.3, -0.25) is 19.9 Å². The zero-order valence-corrected chi connectivity index (χ0v) is 12.9. The number of nitrogens with one attached hydrogen (secondary N) is 1. The van der Waals surface area contributed by atoms with E-state index in [1.54, 1.807) is 42.9 Å². The van der Waals surface area contributed by atoms with E-state index in [-0.39, 0.29) is 17.3 Å². The molecule has 0 bridgehead atoms. The van der Waals surface area contributed by atoms with Gasteiger partial charge in [-0.05, 0) is 23.3 Å². The summed E-state index contributed by atoms with van der Waals surface area (Å²) < 4.78 is 0. The average molecular weight is 330 g/mol. The second-order valence-corrected chi connectivity index (χ2v) is 5.48. The number of hydrogen-bond donors (Lipinski definition) is 1. The summed E-state index contributed by atoms with van der Waals surface area (Å²) in [4.78, 5) is 25.6. The summed E-state index contributed by atoms with van der Waals surface area (Å²) in [5, 5.41) is 14.4. The van der Waals surface area contributed by atoms with E-state index >= 15 is 0 Å². The zero-order chi connectivity index (χ0) is 16.5. The summed E-state index contributed by atoms with van der Waals surface area (Å²) in [6, 6.07) is 9.83. The highest BCUT2D eigenvalue weighted by molar-refractivity contribution is 7.99. The molecule has 1 N–H and O–H groups in total. The van der Waals surface area contributed by atoms with Gasteiger partial charge in [-0.2, -0.15) is 5.10 Å². The fraction of sp³-hybridized carbons (Fsp3) is 0.133. The molecule has 7 nitrogen and oxygen atoms in total. The maximum Gasteiger partial charge on any atom is 0.269 e. The minimum absolute atomic E-state index is 0.0574. The van der Waals surface area contributed by atoms with Crippen molar-refractivity contribution in [3.8, 4) is 0 Å². The molecule has 118 valence electrons. The molecule has 0 fully saturated rings. The van der Waals surface area contributed by atoms with Crippen LogP contribution in [0.15, 0.2) is 53.9 Å². The van der Waals surface area contributed by atoms with Crippen molar-refractivity contribution in [1.29, 1.82) is 0 Å². The Morgan fingerprint density at radius 3 is 2.61 bits per heavy atom. The molecule has 0 atom stereocenters. The molecule has 8 heteroatoms. The number of carbonyl (C=O) groups is 1. The number of carbonyl (C=O) groups excluding carboxylic acids is 1. The molecule has 23 heavy (non-hydrogen) atoms. The van der Waals surface area contributed by atoms with Crippen LogP contribution < -0.4 is 5.43 Å². The van der Waals surface area contributed by atoms with Crippen LogP contribution in [0.4, 0.5) is 5.69 Å². The van der Waals surface area contributed by atoms with Crippen LogP contribution in [-0.4, -0.2) is 27.8 Å². The third-order valence-electron chi connectivity index (χ3n) is 2.76. The van der Waals surface area contributed by atoms with Gasteiger partial charge < -0.3 is 0 Å². The van der Waals surface area contributed by atoms with Crippen LogP contribution in [0.25, 0.3) is 0 Å². The number of nitrogens with zero attached hydrogens (tertiary/aromatic N) is 3. The van der Waals surface area contributed by atoms with Crippen LogP contribution in [0.1, 0.15) is 11.1 Å². The smallest absolute Gasteiger partial charge is 0.269 e. The molecule has 0 aliphatic rings. The van der Waals surface area contributed by atoms with E-state index in [1.165, 1.54) is 23.9 Å². The van der Waals surface area contributed by atoms with Crippen molar-refractivity contribution in [2.45, 2.75) is 5.75 Å². The standard InChI is InChI=1S/C15H14N4O3S/c20-15(18-17-9-12-5-7-16-8-6-12)11-23-10-13-1-3-14(4-2-13)19(21)22/h1-9H,10-11H2,(H,18,20)/b17-9-. The first-order valence-electron chi connectivity index (χ1n) is 6.68. The number of pyridine rings is 1. The fourth-order valence-corrected chi connectivity index (χ4v) is 2.42. The molecule has 0 aliphatic heterocycles. The van der Waals surface area contributed by atoms with Crippen molar-refractivity contribution >= 4 is 29.6 Å². The van der Waals surface area contributed by atoms with Crippen molar-refractivity contribution in [3.63, 3.8) is 0 Å². The maximum atomic E-state index is 11.6. The number of amides is 1. The van der Waals surface area contributed by atoms with Gasteiger partial charge in [-0.25, -0.2) is 5.43 Å². The first kappa shape index (κ1) is 16.6. The quantitative estimate of drug-likeness (QED) is 0.477. The highest BCUT2D eigenvalue weighted by Gasteiger charge is 2.05. The maximum absolute atomic E-state index is 11.6.